The van der Waals surface area contributed by atoms with Crippen molar-refractivity contribution >= 4 is 17.7 Å². The fraction of sp³-hybridized carbons (Fsp3) is 0.917. The molecule has 1 saturated heterocycles. The van der Waals surface area contributed by atoms with E-state index in [0.29, 0.717) is 10.8 Å². The lowest BCUT2D eigenvalue weighted by atomic mass is 10.1. The number of rotatable bonds is 4. The highest BCUT2D eigenvalue weighted by atomic mass is 32.2. The fourth-order valence-electron chi connectivity index (χ4n) is 1.70. The normalized spacial score (nSPS) is 24.0. The minimum atomic E-state index is 0.0179. The van der Waals surface area contributed by atoms with Crippen LogP contribution in [0.4, 0.5) is 0 Å². The third-order valence-corrected chi connectivity index (χ3v) is 4.07. The van der Waals surface area contributed by atoms with E-state index in [1.54, 1.807) is 0 Å². The van der Waals surface area contributed by atoms with E-state index in [9.17, 15) is 4.79 Å². The van der Waals surface area contributed by atoms with Crippen molar-refractivity contribution in [2.45, 2.75) is 57.4 Å². The molecule has 1 fully saturated rings. The van der Waals surface area contributed by atoms with Gasteiger partial charge in [-0.25, -0.2) is 0 Å². The van der Waals surface area contributed by atoms with E-state index < -0.39 is 0 Å². The van der Waals surface area contributed by atoms with E-state index in [2.05, 4.69) is 38.3 Å². The Kier molecular flexibility index (Phi) is 5.12. The minimum absolute atomic E-state index is 0.0179. The molecule has 2 atom stereocenters. The lowest BCUT2D eigenvalue weighted by Gasteiger charge is -2.27. The molecule has 1 rings (SSSR count). The van der Waals surface area contributed by atoms with Gasteiger partial charge in [-0.1, -0.05) is 20.8 Å². The first-order valence-corrected chi connectivity index (χ1v) is 7.05. The molecule has 0 aromatic rings. The molecule has 1 aliphatic rings. The molecule has 2 N–H and O–H groups in total. The van der Waals surface area contributed by atoms with Crippen LogP contribution in [0.5, 0.6) is 0 Å². The fourth-order valence-corrected chi connectivity index (χ4v) is 2.54. The molecule has 0 aromatic carbocycles. The number of carbonyl (C=O) groups excluding carboxylic acids is 1. The molecule has 0 radical (unpaired) electrons. The molecule has 1 heterocycles. The van der Waals surface area contributed by atoms with Crippen molar-refractivity contribution in [1.29, 1.82) is 0 Å². The average molecular weight is 244 g/mol. The third-order valence-electron chi connectivity index (χ3n) is 2.54. The first-order chi connectivity index (χ1) is 7.38. The number of piperidine rings is 1. The summed E-state index contributed by atoms with van der Waals surface area (Å²) in [6, 6.07) is 0.405. The average Bonchev–Trinajstić information content (AvgIpc) is 2.18. The minimum Gasteiger partial charge on any atom is -0.355 e. The van der Waals surface area contributed by atoms with E-state index in [1.807, 2.05) is 11.8 Å². The van der Waals surface area contributed by atoms with Gasteiger partial charge in [0.2, 0.25) is 5.91 Å². The van der Waals surface area contributed by atoms with Gasteiger partial charge < -0.3 is 10.6 Å². The summed E-state index contributed by atoms with van der Waals surface area (Å²) in [7, 11) is 0. The second-order valence-corrected chi connectivity index (χ2v) is 7.32. The van der Waals surface area contributed by atoms with Gasteiger partial charge >= 0.3 is 0 Å². The number of carbonyl (C=O) groups is 1. The lowest BCUT2D eigenvalue weighted by molar-refractivity contribution is -0.124. The standard InChI is InChI=1S/C12H24N2OS/c1-9(8-16-12(2,3)4)14-10-6-5-7-13-11(10)15/h9-10,14H,5-8H2,1-4H3,(H,13,15). The highest BCUT2D eigenvalue weighted by Crippen LogP contribution is 2.23. The number of thioether (sulfide) groups is 1. The van der Waals surface area contributed by atoms with E-state index in [4.69, 9.17) is 0 Å². The Morgan fingerprint density at radius 1 is 1.56 bits per heavy atom. The van der Waals surface area contributed by atoms with Crippen molar-refractivity contribution < 1.29 is 4.79 Å². The van der Waals surface area contributed by atoms with Crippen molar-refractivity contribution in [3.8, 4) is 0 Å². The van der Waals surface area contributed by atoms with E-state index in [-0.39, 0.29) is 11.9 Å². The van der Waals surface area contributed by atoms with Crippen LogP contribution in [0.1, 0.15) is 40.5 Å². The largest absolute Gasteiger partial charge is 0.355 e. The first kappa shape index (κ1) is 13.8. The molecule has 3 nitrogen and oxygen atoms in total. The van der Waals surface area contributed by atoms with Crippen molar-refractivity contribution in [3.05, 3.63) is 0 Å². The van der Waals surface area contributed by atoms with Gasteiger partial charge in [0.1, 0.15) is 0 Å². The van der Waals surface area contributed by atoms with Crippen LogP contribution in [0.2, 0.25) is 0 Å². The number of hydrogen-bond acceptors (Lipinski definition) is 3. The van der Waals surface area contributed by atoms with Gasteiger partial charge in [-0.05, 0) is 19.8 Å². The molecule has 0 aliphatic carbocycles. The smallest absolute Gasteiger partial charge is 0.237 e. The van der Waals surface area contributed by atoms with Gasteiger partial charge in [-0.2, -0.15) is 11.8 Å². The maximum atomic E-state index is 11.6. The summed E-state index contributed by atoms with van der Waals surface area (Å²) in [4.78, 5) is 11.6. The highest BCUT2D eigenvalue weighted by molar-refractivity contribution is 8.00. The summed E-state index contributed by atoms with van der Waals surface area (Å²) >= 11 is 1.94. The van der Waals surface area contributed by atoms with Crippen LogP contribution < -0.4 is 10.6 Å². The summed E-state index contributed by atoms with van der Waals surface area (Å²) in [5, 5.41) is 6.31. The SMILES string of the molecule is CC(CSC(C)(C)C)NC1CCCNC1=O. The van der Waals surface area contributed by atoms with E-state index in [0.717, 1.165) is 25.1 Å². The van der Waals surface area contributed by atoms with Gasteiger partial charge in [0.15, 0.2) is 0 Å². The quantitative estimate of drug-likeness (QED) is 0.792. The zero-order valence-electron chi connectivity index (χ0n) is 10.8. The molecule has 1 amide bonds. The van der Waals surface area contributed by atoms with E-state index in [1.165, 1.54) is 0 Å². The van der Waals surface area contributed by atoms with Gasteiger partial charge in [0.05, 0.1) is 6.04 Å². The molecule has 0 spiro atoms. The second kappa shape index (κ2) is 5.92. The summed E-state index contributed by atoms with van der Waals surface area (Å²) in [6.45, 7) is 9.65. The Balaban J connectivity index is 2.27. The second-order valence-electron chi connectivity index (χ2n) is 5.48. The monoisotopic (exact) mass is 244 g/mol. The van der Waals surface area contributed by atoms with Gasteiger partial charge in [-0.15, -0.1) is 0 Å². The Labute approximate surface area is 103 Å². The molecule has 4 heteroatoms. The van der Waals surface area contributed by atoms with Crippen LogP contribution in [-0.4, -0.2) is 35.0 Å². The molecule has 2 unspecified atom stereocenters. The first-order valence-electron chi connectivity index (χ1n) is 6.06. The summed E-state index contributed by atoms with van der Waals surface area (Å²) in [5.41, 5.74) is 0. The van der Waals surface area contributed by atoms with Crippen molar-refractivity contribution in [2.75, 3.05) is 12.3 Å². The third kappa shape index (κ3) is 5.21. The Hall–Kier alpha value is -0.220. The van der Waals surface area contributed by atoms with Crippen LogP contribution in [-0.2, 0) is 4.79 Å². The van der Waals surface area contributed by atoms with Crippen LogP contribution in [0, 0.1) is 0 Å². The molecular formula is C12H24N2OS. The molecule has 94 valence electrons. The summed E-state index contributed by atoms with van der Waals surface area (Å²) < 4.78 is 0.296. The van der Waals surface area contributed by atoms with Crippen molar-refractivity contribution in [1.82, 2.24) is 10.6 Å². The number of amides is 1. The van der Waals surface area contributed by atoms with Gasteiger partial charge in [0.25, 0.3) is 0 Å². The Bertz CT molecular complexity index is 238. The van der Waals surface area contributed by atoms with Crippen LogP contribution in [0.25, 0.3) is 0 Å². The van der Waals surface area contributed by atoms with Gasteiger partial charge in [-0.3, -0.25) is 4.79 Å². The molecule has 16 heavy (non-hydrogen) atoms. The zero-order valence-corrected chi connectivity index (χ0v) is 11.6. The lowest BCUT2D eigenvalue weighted by Crippen LogP contribution is -2.51. The van der Waals surface area contributed by atoms with Crippen LogP contribution >= 0.6 is 11.8 Å². The molecule has 0 bridgehead atoms. The molecule has 0 saturated carbocycles. The predicted octanol–water partition coefficient (Wildman–Crippen LogP) is 1.77. The van der Waals surface area contributed by atoms with Crippen molar-refractivity contribution in [3.63, 3.8) is 0 Å². The van der Waals surface area contributed by atoms with Crippen molar-refractivity contribution in [2.24, 2.45) is 0 Å². The topological polar surface area (TPSA) is 41.1 Å². The molecule has 1 aliphatic heterocycles. The maximum Gasteiger partial charge on any atom is 0.237 e. The van der Waals surface area contributed by atoms with Crippen LogP contribution in [0.3, 0.4) is 0 Å². The number of hydrogen-bond donors (Lipinski definition) is 2. The predicted molar refractivity (Wildman–Crippen MR) is 70.8 cm³/mol. The van der Waals surface area contributed by atoms with Gasteiger partial charge in [0, 0.05) is 23.1 Å². The maximum absolute atomic E-state index is 11.6. The van der Waals surface area contributed by atoms with Crippen LogP contribution in [0.15, 0.2) is 0 Å². The molecule has 0 aromatic heterocycles. The summed E-state index contributed by atoms with van der Waals surface area (Å²) in [6.07, 6.45) is 2.05. The zero-order chi connectivity index (χ0) is 12.2. The van der Waals surface area contributed by atoms with E-state index >= 15 is 0 Å². The number of nitrogens with one attached hydrogen (secondary N) is 2. The Morgan fingerprint density at radius 2 is 2.25 bits per heavy atom. The summed E-state index contributed by atoms with van der Waals surface area (Å²) in [5.74, 6) is 1.21. The highest BCUT2D eigenvalue weighted by Gasteiger charge is 2.23. The molecular weight excluding hydrogens is 220 g/mol. The Morgan fingerprint density at radius 3 is 2.81 bits per heavy atom.